The van der Waals surface area contributed by atoms with Crippen molar-refractivity contribution in [2.75, 3.05) is 7.11 Å². The van der Waals surface area contributed by atoms with Gasteiger partial charge in [0.25, 0.3) is 0 Å². The Bertz CT molecular complexity index is 1310. The van der Waals surface area contributed by atoms with Gasteiger partial charge < -0.3 is 4.74 Å². The molecule has 8 heteroatoms. The van der Waals surface area contributed by atoms with E-state index in [0.29, 0.717) is 24.3 Å². The summed E-state index contributed by atoms with van der Waals surface area (Å²) in [7, 11) is 1.63. The summed E-state index contributed by atoms with van der Waals surface area (Å²) in [6.45, 7) is 0.563. The number of pyridine rings is 2. The first-order valence-corrected chi connectivity index (χ1v) is 9.14. The third-order valence-corrected chi connectivity index (χ3v) is 4.71. The van der Waals surface area contributed by atoms with Crippen molar-refractivity contribution < 1.29 is 4.74 Å². The molecule has 0 N–H and O–H groups in total. The van der Waals surface area contributed by atoms with E-state index < -0.39 is 0 Å². The number of fused-ring (bicyclic) bond motifs is 2. The van der Waals surface area contributed by atoms with Crippen molar-refractivity contribution in [2.24, 2.45) is 0 Å². The summed E-state index contributed by atoms with van der Waals surface area (Å²) in [6, 6.07) is 10.2. The first kappa shape index (κ1) is 17.2. The van der Waals surface area contributed by atoms with Crippen LogP contribution in [0.4, 0.5) is 0 Å². The van der Waals surface area contributed by atoms with E-state index in [1.54, 1.807) is 36.6 Å². The van der Waals surface area contributed by atoms with Crippen LogP contribution in [0.15, 0.2) is 61.3 Å². The van der Waals surface area contributed by atoms with E-state index in [9.17, 15) is 0 Å². The molecule has 0 amide bonds. The number of rotatable bonds is 5. The van der Waals surface area contributed by atoms with Gasteiger partial charge in [-0.2, -0.15) is 0 Å². The minimum atomic E-state index is 0.530. The Balaban J connectivity index is 1.45. The zero-order valence-corrected chi connectivity index (χ0v) is 15.7. The van der Waals surface area contributed by atoms with Crippen LogP contribution in [0, 0.1) is 0 Å². The predicted octanol–water partition coefficient (Wildman–Crippen LogP) is 2.81. The predicted molar refractivity (Wildman–Crippen MR) is 108 cm³/mol. The van der Waals surface area contributed by atoms with Gasteiger partial charge in [0.05, 0.1) is 31.7 Å². The Morgan fingerprint density at radius 1 is 0.931 bits per heavy atom. The maximum Gasteiger partial charge on any atom is 0.221 e. The lowest BCUT2D eigenvalue weighted by Gasteiger charge is -2.06. The summed E-state index contributed by atoms with van der Waals surface area (Å²) >= 11 is 0. The average molecular weight is 383 g/mol. The van der Waals surface area contributed by atoms with Crippen molar-refractivity contribution in [2.45, 2.75) is 13.0 Å². The molecule has 8 nitrogen and oxygen atoms in total. The van der Waals surface area contributed by atoms with Crippen LogP contribution in [0.25, 0.3) is 22.1 Å². The molecule has 142 valence electrons. The number of benzene rings is 1. The van der Waals surface area contributed by atoms with Crippen LogP contribution in [0.1, 0.15) is 16.8 Å². The number of hydrogen-bond donors (Lipinski definition) is 0. The van der Waals surface area contributed by atoms with Crippen molar-refractivity contribution in [3.63, 3.8) is 0 Å². The summed E-state index contributed by atoms with van der Waals surface area (Å²) in [5.74, 6) is 0.717. The largest absolute Gasteiger partial charge is 0.495 e. The monoisotopic (exact) mass is 383 g/mol. The molecule has 5 aromatic rings. The van der Waals surface area contributed by atoms with Crippen molar-refractivity contribution in [3.8, 4) is 5.75 Å². The number of ether oxygens (including phenoxy) is 1. The summed E-state index contributed by atoms with van der Waals surface area (Å²) in [5.41, 5.74) is 4.12. The topological polar surface area (TPSA) is 91.5 Å². The zero-order valence-electron chi connectivity index (χ0n) is 15.7. The number of methoxy groups -OCH3 is 1. The smallest absolute Gasteiger partial charge is 0.221 e. The van der Waals surface area contributed by atoms with Gasteiger partial charge in [-0.1, -0.05) is 17.3 Å². The Hall–Kier alpha value is -3.94. The van der Waals surface area contributed by atoms with Crippen LogP contribution in [-0.4, -0.2) is 42.0 Å². The molecule has 0 bridgehead atoms. The maximum atomic E-state index is 5.24. The molecule has 0 aliphatic heterocycles. The maximum absolute atomic E-state index is 5.24. The third kappa shape index (κ3) is 3.47. The molecule has 0 fully saturated rings. The quantitative estimate of drug-likeness (QED) is 0.461. The Morgan fingerprint density at radius 3 is 2.83 bits per heavy atom. The molecule has 0 unspecified atom stereocenters. The zero-order chi connectivity index (χ0) is 19.6. The van der Waals surface area contributed by atoms with E-state index in [-0.39, 0.29) is 0 Å². The van der Waals surface area contributed by atoms with E-state index in [2.05, 4.69) is 43.5 Å². The fourth-order valence-electron chi connectivity index (χ4n) is 3.27. The van der Waals surface area contributed by atoms with E-state index in [4.69, 9.17) is 9.72 Å². The van der Waals surface area contributed by atoms with Crippen molar-refractivity contribution in [1.29, 1.82) is 0 Å². The van der Waals surface area contributed by atoms with Gasteiger partial charge in [0.1, 0.15) is 5.75 Å². The van der Waals surface area contributed by atoms with Crippen LogP contribution in [-0.2, 0) is 13.0 Å². The first-order chi connectivity index (χ1) is 14.3. The highest BCUT2D eigenvalue weighted by Crippen LogP contribution is 2.18. The fourth-order valence-corrected chi connectivity index (χ4v) is 3.27. The Labute approximate surface area is 166 Å². The summed E-state index contributed by atoms with van der Waals surface area (Å²) in [5, 5.41) is 10.6. The molecule has 4 heterocycles. The molecule has 1 aromatic carbocycles. The van der Waals surface area contributed by atoms with E-state index in [1.807, 2.05) is 18.3 Å². The Kier molecular flexibility index (Phi) is 4.28. The normalized spacial score (nSPS) is 11.2. The highest BCUT2D eigenvalue weighted by molar-refractivity contribution is 5.82. The second-order valence-electron chi connectivity index (χ2n) is 6.72. The van der Waals surface area contributed by atoms with E-state index >= 15 is 0 Å². The lowest BCUT2D eigenvalue weighted by Crippen LogP contribution is -2.04. The molecule has 0 radical (unpaired) electrons. The minimum absolute atomic E-state index is 0.530. The SMILES string of the molecule is COc1cncc(Cc2cnc3nnn(Cc4ccc5cnccc5c4)c3n2)c1. The fraction of sp³-hybridized carbons (Fsp3) is 0.143. The van der Waals surface area contributed by atoms with Gasteiger partial charge in [-0.25, -0.2) is 14.6 Å². The molecule has 0 atom stereocenters. The molecule has 0 aliphatic rings. The molecule has 0 aliphatic carbocycles. The standard InChI is InChI=1S/C21H17N7O/c1-29-19-8-15(9-23-12-19)7-18-11-24-20-21(25-18)28(27-26-20)13-14-2-3-17-10-22-5-4-16(17)6-14/h2-6,8-12H,7,13H2,1H3. The van der Waals surface area contributed by atoms with Crippen molar-refractivity contribution >= 4 is 22.1 Å². The van der Waals surface area contributed by atoms with Crippen molar-refractivity contribution in [3.05, 3.63) is 78.1 Å². The molecular weight excluding hydrogens is 366 g/mol. The van der Waals surface area contributed by atoms with Crippen LogP contribution < -0.4 is 4.74 Å². The summed E-state index contributed by atoms with van der Waals surface area (Å²) < 4.78 is 7.02. The van der Waals surface area contributed by atoms with E-state index in [1.165, 1.54) is 0 Å². The van der Waals surface area contributed by atoms with Gasteiger partial charge in [0.15, 0.2) is 5.65 Å². The average Bonchev–Trinajstić information content (AvgIpc) is 3.16. The van der Waals surface area contributed by atoms with Gasteiger partial charge in [-0.3, -0.25) is 9.97 Å². The number of hydrogen-bond acceptors (Lipinski definition) is 7. The summed E-state index contributed by atoms with van der Waals surface area (Å²) in [4.78, 5) is 17.5. The second kappa shape index (κ2) is 7.23. The number of aromatic nitrogens is 7. The summed E-state index contributed by atoms with van der Waals surface area (Å²) in [6.07, 6.45) is 9.45. The highest BCUT2D eigenvalue weighted by atomic mass is 16.5. The van der Waals surface area contributed by atoms with E-state index in [0.717, 1.165) is 33.3 Å². The molecule has 29 heavy (non-hydrogen) atoms. The van der Waals surface area contributed by atoms with Gasteiger partial charge in [-0.05, 0) is 34.7 Å². The van der Waals surface area contributed by atoms with Gasteiger partial charge >= 0.3 is 0 Å². The minimum Gasteiger partial charge on any atom is -0.495 e. The highest BCUT2D eigenvalue weighted by Gasteiger charge is 2.10. The molecule has 5 rings (SSSR count). The van der Waals surface area contributed by atoms with Gasteiger partial charge in [0.2, 0.25) is 5.65 Å². The van der Waals surface area contributed by atoms with Crippen LogP contribution in [0.2, 0.25) is 0 Å². The first-order valence-electron chi connectivity index (χ1n) is 9.14. The van der Waals surface area contributed by atoms with Crippen molar-refractivity contribution in [1.82, 2.24) is 34.9 Å². The molecular formula is C21H17N7O. The van der Waals surface area contributed by atoms with Gasteiger partial charge in [-0.15, -0.1) is 5.10 Å². The van der Waals surface area contributed by atoms with Crippen LogP contribution >= 0.6 is 0 Å². The lowest BCUT2D eigenvalue weighted by atomic mass is 10.1. The number of nitrogens with zero attached hydrogens (tertiary/aromatic N) is 7. The molecule has 4 aromatic heterocycles. The lowest BCUT2D eigenvalue weighted by molar-refractivity contribution is 0.412. The van der Waals surface area contributed by atoms with Gasteiger partial charge in [0, 0.05) is 30.4 Å². The molecule has 0 saturated heterocycles. The Morgan fingerprint density at radius 2 is 1.90 bits per heavy atom. The van der Waals surface area contributed by atoms with Crippen LogP contribution in [0.3, 0.4) is 0 Å². The third-order valence-electron chi connectivity index (χ3n) is 4.71. The van der Waals surface area contributed by atoms with Crippen LogP contribution in [0.5, 0.6) is 5.75 Å². The second-order valence-corrected chi connectivity index (χ2v) is 6.72. The molecule has 0 spiro atoms. The molecule has 0 saturated carbocycles.